The fraction of sp³-hybridized carbons (Fsp3) is 1.00. The average molecular weight is 654 g/mol. The highest BCUT2D eigenvalue weighted by Crippen LogP contribution is 2.70. The van der Waals surface area contributed by atoms with Crippen LogP contribution >= 0.6 is 0 Å². The van der Waals surface area contributed by atoms with E-state index >= 15 is 0 Å². The van der Waals surface area contributed by atoms with Gasteiger partial charge >= 0.3 is 20.7 Å². The highest BCUT2D eigenvalue weighted by molar-refractivity contribution is 7.84. The van der Waals surface area contributed by atoms with Gasteiger partial charge < -0.3 is 20.1 Å². The molecule has 5 aliphatic rings. The number of rotatable bonds is 7. The predicted octanol–water partition coefficient (Wildman–Crippen LogP) is 1.90. The van der Waals surface area contributed by atoms with E-state index in [4.69, 9.17) is 13.1 Å². The second-order valence-corrected chi connectivity index (χ2v) is 17.6. The van der Waals surface area contributed by atoms with Gasteiger partial charge in [0.2, 0.25) is 0 Å². The first-order valence-electron chi connectivity index (χ1n) is 15.7. The number of hydrogen-bond donors (Lipinski definition) is 5. The van der Waals surface area contributed by atoms with Crippen LogP contribution in [0.1, 0.15) is 73.6 Å². The minimum absolute atomic E-state index is 0.0366. The van der Waals surface area contributed by atoms with Crippen molar-refractivity contribution in [2.45, 2.75) is 116 Å². The molecule has 5 N–H and O–H groups in total. The Balaban J connectivity index is 1.57. The van der Waals surface area contributed by atoms with Gasteiger partial charge in [0.15, 0.2) is 0 Å². The molecule has 12 nitrogen and oxygen atoms in total. The number of ether oxygens (including phenoxy) is 1. The van der Waals surface area contributed by atoms with E-state index in [0.717, 1.165) is 6.42 Å². The van der Waals surface area contributed by atoms with Gasteiger partial charge in [-0.15, -0.1) is 0 Å². The molecule has 1 heterocycles. The molecule has 0 aromatic rings. The summed E-state index contributed by atoms with van der Waals surface area (Å²) in [5.74, 6) is -1.46. The first kappa shape index (κ1) is 33.9. The number of hydrogen-bond acceptors (Lipinski definition) is 10. The van der Waals surface area contributed by atoms with Gasteiger partial charge in [0, 0.05) is 18.9 Å². The molecule has 0 spiro atoms. The maximum absolute atomic E-state index is 13.0. The SMILES string of the molecule is CNS(=O)(=O)O[C@H]1C2C3C(CC[C@]2(C)C2C(C)C[C@H]([C@@H](C)C(C)C)O[C@@H]21)[C@@]1(C)CC[C@@H](OS(=O)(=O)O)[C@H](O)[C@@H]1[C@H](O)[C@@H]3O. The van der Waals surface area contributed by atoms with Gasteiger partial charge in [-0.2, -0.15) is 21.6 Å². The van der Waals surface area contributed by atoms with Gasteiger partial charge in [0.05, 0.1) is 30.5 Å². The molecule has 5 unspecified atom stereocenters. The topological polar surface area (TPSA) is 189 Å². The molecule has 5 rings (SSSR count). The standard InChI is InChI=1S/C29H51NO11S2/c1-13(2)15(4)18-12-14(3)20-26(39-18)27(41-42(34,35)30-7)21-19-16(8-10-29(20,21)6)28(5)11-9-17(40-43(36,37)38)23(31)22(28)25(33)24(19)32/h13-27,30-33H,8-12H2,1-7H3,(H,36,37,38)/t14?,15-,16?,17+,18+,19?,20?,21?,22+,23-,24+,25-,26-,27-,28+,29+/m0/s1. The zero-order valence-corrected chi connectivity index (χ0v) is 27.8. The van der Waals surface area contributed by atoms with Gasteiger partial charge in [-0.1, -0.05) is 41.5 Å². The number of aliphatic hydroxyl groups is 3. The Bertz CT molecular complexity index is 1260. The quantitative estimate of drug-likeness (QED) is 0.253. The van der Waals surface area contributed by atoms with E-state index in [1.807, 2.05) is 6.92 Å². The Morgan fingerprint density at radius 2 is 1.51 bits per heavy atom. The molecule has 0 radical (unpaired) electrons. The Morgan fingerprint density at radius 1 is 0.884 bits per heavy atom. The summed E-state index contributed by atoms with van der Waals surface area (Å²) in [6.07, 6.45) is -4.35. The Hall–Kier alpha value is -0.420. The van der Waals surface area contributed by atoms with Crippen LogP contribution in [0, 0.1) is 58.2 Å². The maximum atomic E-state index is 13.0. The fourth-order valence-electron chi connectivity index (χ4n) is 10.6. The molecule has 5 fully saturated rings. The van der Waals surface area contributed by atoms with Gasteiger partial charge in [-0.25, -0.2) is 4.18 Å². The lowest BCUT2D eigenvalue weighted by molar-refractivity contribution is -0.253. The van der Waals surface area contributed by atoms with Crippen LogP contribution in [-0.2, 0) is 33.8 Å². The van der Waals surface area contributed by atoms with Crippen molar-refractivity contribution in [1.29, 1.82) is 0 Å². The van der Waals surface area contributed by atoms with Gasteiger partial charge in [0.25, 0.3) is 0 Å². The van der Waals surface area contributed by atoms with Crippen LogP contribution < -0.4 is 4.72 Å². The van der Waals surface area contributed by atoms with Crippen LogP contribution in [0.4, 0.5) is 0 Å². The lowest BCUT2D eigenvalue weighted by atomic mass is 9.42. The first-order valence-corrected chi connectivity index (χ1v) is 18.5. The first-order chi connectivity index (χ1) is 19.8. The van der Waals surface area contributed by atoms with Gasteiger partial charge in [0.1, 0.15) is 12.2 Å². The summed E-state index contributed by atoms with van der Waals surface area (Å²) in [6.45, 7) is 12.7. The summed E-state index contributed by atoms with van der Waals surface area (Å²) >= 11 is 0. The predicted molar refractivity (Wildman–Crippen MR) is 156 cm³/mol. The van der Waals surface area contributed by atoms with Crippen molar-refractivity contribution < 1.29 is 49.8 Å². The summed E-state index contributed by atoms with van der Waals surface area (Å²) in [5, 5.41) is 34.8. The monoisotopic (exact) mass is 653 g/mol. The molecule has 0 aromatic carbocycles. The third kappa shape index (κ3) is 5.53. The Kier molecular flexibility index (Phi) is 8.98. The highest BCUT2D eigenvalue weighted by Gasteiger charge is 2.72. The summed E-state index contributed by atoms with van der Waals surface area (Å²) in [6, 6.07) is 0. The van der Waals surface area contributed by atoms with Crippen molar-refractivity contribution in [1.82, 2.24) is 4.72 Å². The van der Waals surface area contributed by atoms with Crippen LogP contribution in [0.5, 0.6) is 0 Å². The van der Waals surface area contributed by atoms with Crippen LogP contribution in [-0.4, -0.2) is 86.5 Å². The molecule has 16 atom stereocenters. The minimum atomic E-state index is -4.85. The second kappa shape index (κ2) is 11.4. The summed E-state index contributed by atoms with van der Waals surface area (Å²) in [5.41, 5.74) is -1.19. The molecular weight excluding hydrogens is 602 g/mol. The Labute approximate surface area is 256 Å². The zero-order valence-electron chi connectivity index (χ0n) is 26.2. The molecule has 1 aliphatic heterocycles. The molecule has 0 bridgehead atoms. The van der Waals surface area contributed by atoms with Crippen molar-refractivity contribution in [2.75, 3.05) is 7.05 Å². The third-order valence-electron chi connectivity index (χ3n) is 12.8. The largest absolute Gasteiger partial charge is 0.397 e. The molecule has 250 valence electrons. The molecule has 0 amide bonds. The number of fused-ring (bicyclic) bond motifs is 7. The van der Waals surface area contributed by atoms with E-state index in [-0.39, 0.29) is 36.2 Å². The smallest absolute Gasteiger partial charge is 0.390 e. The molecule has 0 aromatic heterocycles. The maximum Gasteiger partial charge on any atom is 0.397 e. The van der Waals surface area contributed by atoms with Crippen molar-refractivity contribution in [2.24, 2.45) is 58.2 Å². The minimum Gasteiger partial charge on any atom is -0.390 e. The molecule has 43 heavy (non-hydrogen) atoms. The van der Waals surface area contributed by atoms with Gasteiger partial charge in [-0.05, 0) is 78.4 Å². The van der Waals surface area contributed by atoms with E-state index in [0.29, 0.717) is 25.2 Å². The summed E-state index contributed by atoms with van der Waals surface area (Å²) in [7, 11) is -7.71. The van der Waals surface area contributed by atoms with Crippen LogP contribution in [0.3, 0.4) is 0 Å². The molecule has 4 aliphatic carbocycles. The summed E-state index contributed by atoms with van der Waals surface area (Å²) < 4.78 is 78.0. The molecule has 14 heteroatoms. The van der Waals surface area contributed by atoms with E-state index in [2.05, 4.69) is 39.3 Å². The van der Waals surface area contributed by atoms with Gasteiger partial charge in [-0.3, -0.25) is 8.74 Å². The van der Waals surface area contributed by atoms with E-state index in [9.17, 15) is 36.7 Å². The molecule has 1 saturated heterocycles. The summed E-state index contributed by atoms with van der Waals surface area (Å²) in [4.78, 5) is 0. The van der Waals surface area contributed by atoms with Crippen molar-refractivity contribution in [3.63, 3.8) is 0 Å². The number of aliphatic hydroxyl groups excluding tert-OH is 3. The van der Waals surface area contributed by atoms with Crippen LogP contribution in [0.2, 0.25) is 0 Å². The van der Waals surface area contributed by atoms with Crippen molar-refractivity contribution in [3.05, 3.63) is 0 Å². The average Bonchev–Trinajstić information content (AvgIpc) is 3.15. The second-order valence-electron chi connectivity index (χ2n) is 15.1. The number of nitrogens with one attached hydrogen (secondary N) is 1. The van der Waals surface area contributed by atoms with Crippen LogP contribution in [0.25, 0.3) is 0 Å². The Morgan fingerprint density at radius 3 is 2.09 bits per heavy atom. The molecule has 4 saturated carbocycles. The lowest BCUT2D eigenvalue weighted by Gasteiger charge is -2.64. The van der Waals surface area contributed by atoms with E-state index in [1.54, 1.807) is 0 Å². The van der Waals surface area contributed by atoms with Crippen LogP contribution in [0.15, 0.2) is 0 Å². The lowest BCUT2D eigenvalue weighted by Crippen LogP contribution is -2.68. The molecular formula is C29H51NO11S2. The fourth-order valence-corrected chi connectivity index (χ4v) is 11.8. The third-order valence-corrected chi connectivity index (χ3v) is 14.3. The van der Waals surface area contributed by atoms with E-state index < -0.39 is 85.9 Å². The van der Waals surface area contributed by atoms with E-state index in [1.165, 1.54) is 7.05 Å². The van der Waals surface area contributed by atoms with Crippen molar-refractivity contribution >= 4 is 20.7 Å². The highest BCUT2D eigenvalue weighted by atomic mass is 32.3. The van der Waals surface area contributed by atoms with Crippen molar-refractivity contribution in [3.8, 4) is 0 Å². The normalized spacial score (nSPS) is 50.8. The zero-order chi connectivity index (χ0) is 32.0.